The Morgan fingerprint density at radius 1 is 0.800 bits per heavy atom. The average Bonchev–Trinajstić information content (AvgIpc) is 2.66. The molecule has 1 atom stereocenters. The maximum absolute atomic E-state index is 11.6. The van der Waals surface area contributed by atoms with Gasteiger partial charge in [-0.25, -0.2) is 0 Å². The molecule has 7 nitrogen and oxygen atoms in total. The molecule has 1 N–H and O–H groups in total. The van der Waals surface area contributed by atoms with E-state index in [-0.39, 0.29) is 5.92 Å². The highest BCUT2D eigenvalue weighted by atomic mass is 28.4. The van der Waals surface area contributed by atoms with Crippen LogP contribution in [-0.2, 0) is 22.5 Å². The van der Waals surface area contributed by atoms with Crippen molar-refractivity contribution in [1.82, 2.24) is 4.90 Å². The van der Waals surface area contributed by atoms with Gasteiger partial charge >= 0.3 is 23.1 Å². The van der Waals surface area contributed by atoms with Gasteiger partial charge in [0.25, 0.3) is 0 Å². The molecule has 0 fully saturated rings. The van der Waals surface area contributed by atoms with Crippen molar-refractivity contribution in [2.75, 3.05) is 46.1 Å². The third-order valence-corrected chi connectivity index (χ3v) is 11.5. The van der Waals surface area contributed by atoms with E-state index < -0.39 is 23.1 Å². The van der Waals surface area contributed by atoms with Gasteiger partial charge in [-0.2, -0.15) is 0 Å². The maximum atomic E-state index is 11.6. The average molecular weight is 466 g/mol. The topological polar surface area (TPSA) is 77.5 Å². The summed E-state index contributed by atoms with van der Waals surface area (Å²) < 4.78 is 23.8. The summed E-state index contributed by atoms with van der Waals surface area (Å²) in [4.78, 5) is 13.9. The number of rotatable bonds is 20. The van der Waals surface area contributed by atoms with E-state index in [1.807, 2.05) is 34.6 Å². The second-order valence-electron chi connectivity index (χ2n) is 7.95. The molecule has 0 spiro atoms. The van der Waals surface area contributed by atoms with E-state index in [1.165, 1.54) is 0 Å². The van der Waals surface area contributed by atoms with Crippen molar-refractivity contribution < 1.29 is 27.6 Å². The van der Waals surface area contributed by atoms with Crippen LogP contribution in [0.15, 0.2) is 0 Å². The Bertz CT molecular complexity index is 415. The molecule has 0 aromatic carbocycles. The zero-order valence-corrected chi connectivity index (χ0v) is 22.5. The Kier molecular flexibility index (Phi) is 16.2. The SMILES string of the molecule is CCO[Si](C)(CCCN(CCC[Si](C)(OCC)OCC)CC(CC)C(=O)O)OCC. The lowest BCUT2D eigenvalue weighted by molar-refractivity contribution is -0.142. The quantitative estimate of drug-likeness (QED) is 0.266. The van der Waals surface area contributed by atoms with Crippen LogP contribution in [0.25, 0.3) is 0 Å². The lowest BCUT2D eigenvalue weighted by Gasteiger charge is -2.30. The second kappa shape index (κ2) is 16.4. The molecule has 0 radical (unpaired) electrons. The van der Waals surface area contributed by atoms with Crippen molar-refractivity contribution in [3.63, 3.8) is 0 Å². The minimum absolute atomic E-state index is 0.338. The molecule has 0 saturated carbocycles. The molecule has 0 saturated heterocycles. The van der Waals surface area contributed by atoms with Gasteiger partial charge in [0.15, 0.2) is 0 Å². The lowest BCUT2D eigenvalue weighted by Crippen LogP contribution is -2.41. The lowest BCUT2D eigenvalue weighted by atomic mass is 10.1. The highest BCUT2D eigenvalue weighted by molar-refractivity contribution is 6.66. The summed E-state index contributed by atoms with van der Waals surface area (Å²) in [5.41, 5.74) is 0. The molecule has 9 heteroatoms. The van der Waals surface area contributed by atoms with Crippen LogP contribution in [0, 0.1) is 5.92 Å². The van der Waals surface area contributed by atoms with Gasteiger partial charge in [0.2, 0.25) is 0 Å². The third-order valence-electron chi connectivity index (χ3n) is 5.33. The first-order chi connectivity index (χ1) is 14.2. The molecule has 0 aromatic rings. The van der Waals surface area contributed by atoms with Crippen molar-refractivity contribution >= 4 is 23.1 Å². The van der Waals surface area contributed by atoms with Crippen molar-refractivity contribution in [3.05, 3.63) is 0 Å². The second-order valence-corrected chi connectivity index (χ2v) is 14.6. The molecule has 0 amide bonds. The van der Waals surface area contributed by atoms with Crippen LogP contribution in [0.5, 0.6) is 0 Å². The van der Waals surface area contributed by atoms with Crippen molar-refractivity contribution in [2.45, 2.75) is 79.1 Å². The summed E-state index contributed by atoms with van der Waals surface area (Å²) in [7, 11) is -4.29. The predicted molar refractivity (Wildman–Crippen MR) is 126 cm³/mol. The summed E-state index contributed by atoms with van der Waals surface area (Å²) >= 11 is 0. The summed E-state index contributed by atoms with van der Waals surface area (Å²) in [5.74, 6) is -1.05. The number of hydrogen-bond donors (Lipinski definition) is 1. The minimum atomic E-state index is -2.15. The first-order valence-electron chi connectivity index (χ1n) is 11.7. The molecule has 0 aromatic heterocycles. The highest BCUT2D eigenvalue weighted by Gasteiger charge is 2.32. The summed E-state index contributed by atoms with van der Waals surface area (Å²) in [6, 6.07) is 1.83. The van der Waals surface area contributed by atoms with Crippen molar-refractivity contribution in [3.8, 4) is 0 Å². The van der Waals surface area contributed by atoms with Crippen molar-refractivity contribution in [2.24, 2.45) is 5.92 Å². The van der Waals surface area contributed by atoms with Gasteiger partial charge in [-0.15, -0.1) is 0 Å². The van der Waals surface area contributed by atoms with Crippen molar-refractivity contribution in [1.29, 1.82) is 0 Å². The zero-order valence-electron chi connectivity index (χ0n) is 20.5. The normalized spacial score (nSPS) is 13.7. The molecule has 0 bridgehead atoms. The smallest absolute Gasteiger partial charge is 0.334 e. The van der Waals surface area contributed by atoms with Crippen LogP contribution in [0.4, 0.5) is 0 Å². The van der Waals surface area contributed by atoms with Crippen LogP contribution < -0.4 is 0 Å². The van der Waals surface area contributed by atoms with Crippen LogP contribution in [0.3, 0.4) is 0 Å². The molecule has 0 heterocycles. The fourth-order valence-electron chi connectivity index (χ4n) is 3.83. The zero-order chi connectivity index (χ0) is 23.0. The van der Waals surface area contributed by atoms with E-state index in [1.54, 1.807) is 0 Å². The maximum Gasteiger partial charge on any atom is 0.334 e. The Morgan fingerprint density at radius 3 is 1.43 bits per heavy atom. The number of nitrogens with zero attached hydrogens (tertiary/aromatic N) is 1. The highest BCUT2D eigenvalue weighted by Crippen LogP contribution is 2.19. The molecule has 0 aliphatic rings. The molecule has 30 heavy (non-hydrogen) atoms. The third kappa shape index (κ3) is 12.5. The van der Waals surface area contributed by atoms with E-state index >= 15 is 0 Å². The number of carbonyl (C=O) groups is 1. The molecule has 0 aliphatic carbocycles. The Balaban J connectivity index is 4.91. The van der Waals surface area contributed by atoms with Gasteiger partial charge in [0.05, 0.1) is 5.92 Å². The summed E-state index contributed by atoms with van der Waals surface area (Å²) in [6.07, 6.45) is 2.54. The molecule has 0 rings (SSSR count). The predicted octanol–water partition coefficient (Wildman–Crippen LogP) is 4.47. The minimum Gasteiger partial charge on any atom is -0.481 e. The van der Waals surface area contributed by atoms with Gasteiger partial charge in [0.1, 0.15) is 0 Å². The van der Waals surface area contributed by atoms with Gasteiger partial charge in [-0.3, -0.25) is 4.79 Å². The van der Waals surface area contributed by atoms with E-state index in [9.17, 15) is 9.90 Å². The molecule has 1 unspecified atom stereocenters. The summed E-state index contributed by atoms with van der Waals surface area (Å²) in [6.45, 7) is 19.2. The Morgan fingerprint density at radius 2 is 1.17 bits per heavy atom. The van der Waals surface area contributed by atoms with Crippen LogP contribution in [0.1, 0.15) is 53.9 Å². The van der Waals surface area contributed by atoms with Crippen LogP contribution >= 0.6 is 0 Å². The number of aliphatic carboxylic acids is 1. The molecule has 180 valence electrons. The van der Waals surface area contributed by atoms with Gasteiger partial charge < -0.3 is 27.7 Å². The van der Waals surface area contributed by atoms with E-state index in [0.29, 0.717) is 39.4 Å². The number of carboxylic acid groups (broad SMARTS) is 1. The monoisotopic (exact) mass is 465 g/mol. The first-order valence-corrected chi connectivity index (χ1v) is 16.7. The Hall–Kier alpha value is -0.296. The Labute approximate surface area is 186 Å². The standard InChI is InChI=1S/C21H47NO6Si2/c1-8-20(21(23)24)19-22(15-13-17-29(6,25-9-2)26-10-3)16-14-18-30(7,27-11-4)28-12-5/h20H,8-19H2,1-7H3,(H,23,24). The van der Waals surface area contributed by atoms with E-state index in [4.69, 9.17) is 17.7 Å². The first kappa shape index (κ1) is 29.7. The van der Waals surface area contributed by atoms with E-state index in [2.05, 4.69) is 18.0 Å². The molecule has 0 aliphatic heterocycles. The van der Waals surface area contributed by atoms with Gasteiger partial charge in [0, 0.05) is 33.0 Å². The molecular formula is C21H47NO6Si2. The van der Waals surface area contributed by atoms with Gasteiger partial charge in [-0.1, -0.05) is 6.92 Å². The number of hydrogen-bond acceptors (Lipinski definition) is 6. The van der Waals surface area contributed by atoms with Crippen LogP contribution in [-0.4, -0.2) is 79.2 Å². The summed E-state index contributed by atoms with van der Waals surface area (Å²) in [5, 5.41) is 9.52. The fraction of sp³-hybridized carbons (Fsp3) is 0.952. The van der Waals surface area contributed by atoms with E-state index in [0.717, 1.165) is 38.0 Å². The van der Waals surface area contributed by atoms with Crippen LogP contribution in [0.2, 0.25) is 25.2 Å². The largest absolute Gasteiger partial charge is 0.481 e. The van der Waals surface area contributed by atoms with Gasteiger partial charge in [-0.05, 0) is 85.2 Å². The fourth-order valence-corrected chi connectivity index (χ4v) is 8.62. The number of carboxylic acids is 1. The molecular weight excluding hydrogens is 418 g/mol.